The van der Waals surface area contributed by atoms with Crippen LogP contribution in [0.4, 0.5) is 4.39 Å². The van der Waals surface area contributed by atoms with Gasteiger partial charge in [0.15, 0.2) is 0 Å². The van der Waals surface area contributed by atoms with E-state index in [4.69, 9.17) is 4.74 Å². The molecule has 1 unspecified atom stereocenters. The van der Waals surface area contributed by atoms with Crippen molar-refractivity contribution in [1.29, 1.82) is 0 Å². The van der Waals surface area contributed by atoms with Gasteiger partial charge in [0.05, 0.1) is 6.20 Å². The van der Waals surface area contributed by atoms with E-state index in [1.165, 1.54) is 18.7 Å². The van der Waals surface area contributed by atoms with Crippen LogP contribution >= 0.6 is 0 Å². The lowest BCUT2D eigenvalue weighted by atomic mass is 10.1. The summed E-state index contributed by atoms with van der Waals surface area (Å²) in [7, 11) is 0. The van der Waals surface area contributed by atoms with E-state index < -0.39 is 0 Å². The standard InChI is InChI=1S/C14H23FN2O/c1-3-4-7-18-8-5-6-17-12(2)13-9-14(15)11-16-10-13/h9-12,17H,3-8H2,1-2H3. The molecular weight excluding hydrogens is 231 g/mol. The number of ether oxygens (including phenoxy) is 1. The van der Waals surface area contributed by atoms with Crippen molar-refractivity contribution in [2.75, 3.05) is 19.8 Å². The Morgan fingerprint density at radius 2 is 2.11 bits per heavy atom. The monoisotopic (exact) mass is 254 g/mol. The van der Waals surface area contributed by atoms with Crippen molar-refractivity contribution < 1.29 is 9.13 Å². The van der Waals surface area contributed by atoms with Crippen LogP contribution in [0, 0.1) is 5.82 Å². The van der Waals surface area contributed by atoms with Gasteiger partial charge in [-0.1, -0.05) is 13.3 Å². The molecule has 1 rings (SSSR count). The van der Waals surface area contributed by atoms with Crippen LogP contribution in [0.2, 0.25) is 0 Å². The fourth-order valence-corrected chi connectivity index (χ4v) is 1.62. The van der Waals surface area contributed by atoms with E-state index >= 15 is 0 Å². The van der Waals surface area contributed by atoms with E-state index in [9.17, 15) is 4.39 Å². The lowest BCUT2D eigenvalue weighted by Gasteiger charge is -2.13. The lowest BCUT2D eigenvalue weighted by Crippen LogP contribution is -2.21. The fraction of sp³-hybridized carbons (Fsp3) is 0.643. The number of nitrogens with one attached hydrogen (secondary N) is 1. The van der Waals surface area contributed by atoms with Gasteiger partial charge in [-0.05, 0) is 37.9 Å². The van der Waals surface area contributed by atoms with Crippen LogP contribution in [-0.4, -0.2) is 24.7 Å². The van der Waals surface area contributed by atoms with Crippen molar-refractivity contribution in [3.63, 3.8) is 0 Å². The van der Waals surface area contributed by atoms with Crippen molar-refractivity contribution in [2.45, 2.75) is 39.2 Å². The Morgan fingerprint density at radius 3 is 2.83 bits per heavy atom. The third kappa shape index (κ3) is 6.07. The maximum Gasteiger partial charge on any atom is 0.141 e. The van der Waals surface area contributed by atoms with Crippen LogP contribution in [0.5, 0.6) is 0 Å². The van der Waals surface area contributed by atoms with E-state index in [2.05, 4.69) is 17.2 Å². The molecule has 4 heteroatoms. The third-order valence-electron chi connectivity index (χ3n) is 2.78. The normalized spacial score (nSPS) is 12.6. The van der Waals surface area contributed by atoms with Gasteiger partial charge in [-0.25, -0.2) is 4.39 Å². The van der Waals surface area contributed by atoms with Crippen LogP contribution < -0.4 is 5.32 Å². The second-order valence-corrected chi connectivity index (χ2v) is 4.43. The van der Waals surface area contributed by atoms with Crippen molar-refractivity contribution in [3.8, 4) is 0 Å². The molecule has 1 atom stereocenters. The number of aromatic nitrogens is 1. The van der Waals surface area contributed by atoms with Crippen LogP contribution in [0.25, 0.3) is 0 Å². The summed E-state index contributed by atoms with van der Waals surface area (Å²) >= 11 is 0. The number of nitrogens with zero attached hydrogens (tertiary/aromatic N) is 1. The smallest absolute Gasteiger partial charge is 0.141 e. The first kappa shape index (κ1) is 15.1. The van der Waals surface area contributed by atoms with Gasteiger partial charge >= 0.3 is 0 Å². The van der Waals surface area contributed by atoms with E-state index in [1.54, 1.807) is 6.20 Å². The Labute approximate surface area is 109 Å². The van der Waals surface area contributed by atoms with Gasteiger partial charge in [-0.3, -0.25) is 4.98 Å². The summed E-state index contributed by atoms with van der Waals surface area (Å²) in [5.74, 6) is -0.288. The Hall–Kier alpha value is -1.00. The molecule has 3 nitrogen and oxygen atoms in total. The number of halogens is 1. The first-order chi connectivity index (χ1) is 8.74. The molecular formula is C14H23FN2O. The lowest BCUT2D eigenvalue weighted by molar-refractivity contribution is 0.128. The Bertz CT molecular complexity index is 333. The second-order valence-electron chi connectivity index (χ2n) is 4.43. The maximum atomic E-state index is 13.0. The van der Waals surface area contributed by atoms with Crippen LogP contribution in [0.3, 0.4) is 0 Å². The van der Waals surface area contributed by atoms with E-state index in [0.29, 0.717) is 0 Å². The van der Waals surface area contributed by atoms with E-state index in [0.717, 1.165) is 38.2 Å². The quantitative estimate of drug-likeness (QED) is 0.688. The van der Waals surface area contributed by atoms with Gasteiger partial charge < -0.3 is 10.1 Å². The number of pyridine rings is 1. The molecule has 0 saturated heterocycles. The molecule has 1 heterocycles. The topological polar surface area (TPSA) is 34.1 Å². The summed E-state index contributed by atoms with van der Waals surface area (Å²) in [6.07, 6.45) is 6.17. The zero-order chi connectivity index (χ0) is 13.2. The molecule has 1 N–H and O–H groups in total. The molecule has 0 aromatic carbocycles. The number of rotatable bonds is 9. The summed E-state index contributed by atoms with van der Waals surface area (Å²) < 4.78 is 18.4. The summed E-state index contributed by atoms with van der Waals surface area (Å²) in [5.41, 5.74) is 0.877. The highest BCUT2D eigenvalue weighted by Crippen LogP contribution is 2.11. The molecule has 0 saturated carbocycles. The molecule has 1 aromatic heterocycles. The molecule has 1 aromatic rings. The van der Waals surface area contributed by atoms with Gasteiger partial charge in [-0.2, -0.15) is 0 Å². The Morgan fingerprint density at radius 1 is 1.33 bits per heavy atom. The molecule has 0 spiro atoms. The zero-order valence-corrected chi connectivity index (χ0v) is 11.3. The number of hydrogen-bond donors (Lipinski definition) is 1. The minimum absolute atomic E-state index is 0.115. The van der Waals surface area contributed by atoms with Crippen molar-refractivity contribution in [3.05, 3.63) is 29.8 Å². The Balaban J connectivity index is 2.12. The molecule has 0 fully saturated rings. The largest absolute Gasteiger partial charge is 0.381 e. The predicted octanol–water partition coefficient (Wildman–Crippen LogP) is 3.08. The first-order valence-electron chi connectivity index (χ1n) is 6.65. The minimum atomic E-state index is -0.288. The van der Waals surface area contributed by atoms with Crippen LogP contribution in [-0.2, 0) is 4.74 Å². The fourth-order valence-electron chi connectivity index (χ4n) is 1.62. The molecule has 0 aliphatic rings. The molecule has 102 valence electrons. The SMILES string of the molecule is CCCCOCCCNC(C)c1cncc(F)c1. The van der Waals surface area contributed by atoms with Crippen LogP contribution in [0.15, 0.2) is 18.5 Å². The van der Waals surface area contributed by atoms with Gasteiger partial charge in [-0.15, -0.1) is 0 Å². The minimum Gasteiger partial charge on any atom is -0.381 e. The molecule has 0 amide bonds. The maximum absolute atomic E-state index is 13.0. The average Bonchev–Trinajstić information content (AvgIpc) is 2.37. The van der Waals surface area contributed by atoms with Gasteiger partial charge in [0.25, 0.3) is 0 Å². The van der Waals surface area contributed by atoms with E-state index in [1.807, 2.05) is 6.92 Å². The third-order valence-corrected chi connectivity index (χ3v) is 2.78. The molecule has 0 aliphatic carbocycles. The highest BCUT2D eigenvalue weighted by atomic mass is 19.1. The highest BCUT2D eigenvalue weighted by Gasteiger charge is 2.05. The summed E-state index contributed by atoms with van der Waals surface area (Å²) in [6.45, 7) is 6.65. The molecule has 18 heavy (non-hydrogen) atoms. The molecule has 0 radical (unpaired) electrons. The number of hydrogen-bond acceptors (Lipinski definition) is 3. The number of unbranched alkanes of at least 4 members (excludes halogenated alkanes) is 1. The summed E-state index contributed by atoms with van der Waals surface area (Å²) in [4.78, 5) is 3.84. The predicted molar refractivity (Wildman–Crippen MR) is 71.0 cm³/mol. The van der Waals surface area contributed by atoms with Gasteiger partial charge in [0.2, 0.25) is 0 Å². The second kappa shape index (κ2) is 9.00. The summed E-state index contributed by atoms with van der Waals surface area (Å²) in [5, 5.41) is 3.33. The zero-order valence-electron chi connectivity index (χ0n) is 11.3. The van der Waals surface area contributed by atoms with Crippen LogP contribution in [0.1, 0.15) is 44.7 Å². The molecule has 0 aliphatic heterocycles. The average molecular weight is 254 g/mol. The van der Waals surface area contributed by atoms with Crippen molar-refractivity contribution in [1.82, 2.24) is 10.3 Å². The Kier molecular flexibility index (Phi) is 7.53. The van der Waals surface area contributed by atoms with Gasteiger partial charge in [0.1, 0.15) is 5.82 Å². The molecule has 0 bridgehead atoms. The first-order valence-corrected chi connectivity index (χ1v) is 6.65. The van der Waals surface area contributed by atoms with Gasteiger partial charge in [0, 0.05) is 25.5 Å². The van der Waals surface area contributed by atoms with E-state index in [-0.39, 0.29) is 11.9 Å². The highest BCUT2D eigenvalue weighted by molar-refractivity contribution is 5.14. The summed E-state index contributed by atoms with van der Waals surface area (Å²) in [6, 6.07) is 1.63. The van der Waals surface area contributed by atoms with Crippen molar-refractivity contribution in [2.24, 2.45) is 0 Å². The van der Waals surface area contributed by atoms with Crippen molar-refractivity contribution >= 4 is 0 Å².